The molecule has 3 aromatic rings. The van der Waals surface area contributed by atoms with Gasteiger partial charge in [-0.15, -0.1) is 4.80 Å². The number of carbonyl (C=O) groups is 1. The van der Waals surface area contributed by atoms with Crippen molar-refractivity contribution in [1.29, 1.82) is 0 Å². The average molecular weight is 480 g/mol. The van der Waals surface area contributed by atoms with Gasteiger partial charge in [0.25, 0.3) is 5.91 Å². The van der Waals surface area contributed by atoms with Crippen LogP contribution in [0.15, 0.2) is 42.9 Å². The number of aromatic nitrogens is 4. The minimum atomic E-state index is -4.49. The van der Waals surface area contributed by atoms with Crippen molar-refractivity contribution < 1.29 is 26.7 Å². The fourth-order valence-electron chi connectivity index (χ4n) is 4.11. The van der Waals surface area contributed by atoms with E-state index in [0.717, 1.165) is 29.5 Å². The number of anilines is 1. The highest BCUT2D eigenvalue weighted by molar-refractivity contribution is 5.98. The Hall–Kier alpha value is -3.57. The first kappa shape index (κ1) is 23.6. The van der Waals surface area contributed by atoms with Crippen molar-refractivity contribution in [3.8, 4) is 5.69 Å². The highest BCUT2D eigenvalue weighted by Crippen LogP contribution is 2.30. The Kier molecular flexibility index (Phi) is 6.49. The number of amides is 1. The molecule has 1 aliphatic rings. The highest BCUT2D eigenvalue weighted by Gasteiger charge is 2.35. The number of hydrogen-bond donors (Lipinski definition) is 1. The molecule has 1 amide bonds. The molecular formula is C22H21F5N6O. The topological polar surface area (TPSA) is 75.9 Å². The largest absolute Gasteiger partial charge is 0.417 e. The van der Waals surface area contributed by atoms with Crippen molar-refractivity contribution in [2.75, 3.05) is 18.4 Å². The predicted octanol–water partition coefficient (Wildman–Crippen LogP) is 4.31. The van der Waals surface area contributed by atoms with E-state index in [0.29, 0.717) is 19.0 Å². The van der Waals surface area contributed by atoms with Gasteiger partial charge in [0.15, 0.2) is 5.82 Å². The van der Waals surface area contributed by atoms with Gasteiger partial charge in [0.05, 0.1) is 29.6 Å². The number of pyridine rings is 1. The summed E-state index contributed by atoms with van der Waals surface area (Å²) in [5.74, 6) is -2.25. The van der Waals surface area contributed by atoms with Crippen LogP contribution < -0.4 is 5.32 Å². The zero-order valence-electron chi connectivity index (χ0n) is 18.1. The Morgan fingerprint density at radius 1 is 1.18 bits per heavy atom. The summed E-state index contributed by atoms with van der Waals surface area (Å²) < 4.78 is 67.0. The van der Waals surface area contributed by atoms with E-state index in [9.17, 15) is 26.7 Å². The molecule has 0 radical (unpaired) electrons. The molecule has 1 aliphatic heterocycles. The molecule has 0 saturated carbocycles. The number of rotatable bonds is 5. The molecule has 0 spiro atoms. The number of carbonyl (C=O) groups excluding carboxylic acids is 1. The van der Waals surface area contributed by atoms with Gasteiger partial charge in [-0.1, -0.05) is 6.92 Å². The molecule has 12 heteroatoms. The van der Waals surface area contributed by atoms with Gasteiger partial charge in [-0.05, 0) is 37.0 Å². The van der Waals surface area contributed by atoms with Crippen molar-refractivity contribution in [2.45, 2.75) is 32.0 Å². The number of alkyl halides is 3. The predicted molar refractivity (Wildman–Crippen MR) is 112 cm³/mol. The van der Waals surface area contributed by atoms with Crippen LogP contribution in [0.3, 0.4) is 0 Å². The van der Waals surface area contributed by atoms with E-state index in [1.807, 2.05) is 6.92 Å². The minimum Gasteiger partial charge on any atom is -0.368 e. The lowest BCUT2D eigenvalue weighted by atomic mass is 9.90. The molecule has 2 atom stereocenters. The van der Waals surface area contributed by atoms with Crippen molar-refractivity contribution in [2.24, 2.45) is 5.92 Å². The molecule has 2 aromatic heterocycles. The van der Waals surface area contributed by atoms with Crippen LogP contribution in [0.2, 0.25) is 0 Å². The highest BCUT2D eigenvalue weighted by atomic mass is 19.4. The summed E-state index contributed by atoms with van der Waals surface area (Å²) in [6.07, 6.45) is 0.354. The molecule has 7 nitrogen and oxygen atoms in total. The van der Waals surface area contributed by atoms with Gasteiger partial charge in [-0.3, -0.25) is 4.79 Å². The number of likely N-dealkylation sites (tertiary alicyclic amines) is 1. The maximum absolute atomic E-state index is 14.6. The summed E-state index contributed by atoms with van der Waals surface area (Å²) in [6.45, 7) is 2.48. The fraction of sp³-hybridized carbons (Fsp3) is 0.364. The molecule has 1 N–H and O–H groups in total. The lowest BCUT2D eigenvalue weighted by Crippen LogP contribution is -2.51. The number of piperidine rings is 1. The molecular weight excluding hydrogens is 459 g/mol. The van der Waals surface area contributed by atoms with E-state index in [4.69, 9.17) is 0 Å². The molecule has 4 rings (SSSR count). The van der Waals surface area contributed by atoms with Crippen LogP contribution in [0, 0.1) is 17.6 Å². The van der Waals surface area contributed by atoms with Gasteiger partial charge in [0, 0.05) is 25.4 Å². The fourth-order valence-corrected chi connectivity index (χ4v) is 4.11. The smallest absolute Gasteiger partial charge is 0.368 e. The first-order valence-corrected chi connectivity index (χ1v) is 10.6. The molecule has 3 heterocycles. The third-order valence-electron chi connectivity index (χ3n) is 5.84. The molecule has 180 valence electrons. The van der Waals surface area contributed by atoms with Crippen LogP contribution in [0.4, 0.5) is 27.8 Å². The first-order valence-electron chi connectivity index (χ1n) is 10.6. The number of benzene rings is 1. The van der Waals surface area contributed by atoms with Crippen LogP contribution in [0.25, 0.3) is 5.69 Å². The summed E-state index contributed by atoms with van der Waals surface area (Å²) in [5.41, 5.74) is -1.35. The van der Waals surface area contributed by atoms with Crippen molar-refractivity contribution in [3.05, 3.63) is 65.6 Å². The van der Waals surface area contributed by atoms with Gasteiger partial charge in [-0.25, -0.2) is 13.8 Å². The Bertz CT molecular complexity index is 1150. The van der Waals surface area contributed by atoms with Gasteiger partial charge in [0.1, 0.15) is 17.3 Å². The van der Waals surface area contributed by atoms with E-state index in [-0.39, 0.29) is 29.5 Å². The normalized spacial score (nSPS) is 18.7. The van der Waals surface area contributed by atoms with Crippen LogP contribution in [0.5, 0.6) is 0 Å². The van der Waals surface area contributed by atoms with E-state index < -0.39 is 35.3 Å². The zero-order valence-corrected chi connectivity index (χ0v) is 18.1. The number of nitrogens with zero attached hydrogens (tertiary/aromatic N) is 5. The third-order valence-corrected chi connectivity index (χ3v) is 5.84. The van der Waals surface area contributed by atoms with Gasteiger partial charge in [0.2, 0.25) is 0 Å². The summed E-state index contributed by atoms with van der Waals surface area (Å²) in [4.78, 5) is 19.7. The van der Waals surface area contributed by atoms with Crippen LogP contribution in [-0.4, -0.2) is 49.9 Å². The maximum Gasteiger partial charge on any atom is 0.417 e. The Morgan fingerprint density at radius 3 is 2.56 bits per heavy atom. The number of hydrogen-bond acceptors (Lipinski definition) is 5. The van der Waals surface area contributed by atoms with Gasteiger partial charge < -0.3 is 10.2 Å². The summed E-state index contributed by atoms with van der Waals surface area (Å²) >= 11 is 0. The van der Waals surface area contributed by atoms with Crippen LogP contribution in [-0.2, 0) is 6.18 Å². The van der Waals surface area contributed by atoms with Crippen LogP contribution >= 0.6 is 0 Å². The van der Waals surface area contributed by atoms with E-state index >= 15 is 0 Å². The van der Waals surface area contributed by atoms with E-state index in [1.165, 1.54) is 23.4 Å². The van der Waals surface area contributed by atoms with E-state index in [2.05, 4.69) is 20.5 Å². The Balaban J connectivity index is 1.59. The lowest BCUT2D eigenvalue weighted by molar-refractivity contribution is -0.137. The summed E-state index contributed by atoms with van der Waals surface area (Å²) in [6, 6.07) is 3.34. The van der Waals surface area contributed by atoms with E-state index in [1.54, 1.807) is 0 Å². The SMILES string of the molecule is C[C@@H]1CCCN(C(=O)c2cc(F)cc(F)c2-n2nccn2)C1CNc1ccc(C(F)(F)F)cn1. The molecule has 34 heavy (non-hydrogen) atoms. The standard InChI is InChI=1S/C22H21F5N6O/c1-13-3-2-8-32(18(13)12-29-19-5-4-14(11-28-19)22(25,26)27)21(34)16-9-15(23)10-17(24)20(16)33-30-6-7-31-33/h4-7,9-11,13,18H,2-3,8,12H2,1H3,(H,28,29)/t13-,18?/m1/s1. The molecule has 0 aliphatic carbocycles. The second-order valence-corrected chi connectivity index (χ2v) is 8.10. The first-order chi connectivity index (χ1) is 16.1. The average Bonchev–Trinajstić information content (AvgIpc) is 3.31. The number of nitrogens with one attached hydrogen (secondary N) is 1. The molecule has 0 bridgehead atoms. The van der Waals surface area contributed by atoms with Crippen LogP contribution in [0.1, 0.15) is 35.7 Å². The second kappa shape index (κ2) is 9.35. The van der Waals surface area contributed by atoms with Crippen molar-refractivity contribution in [1.82, 2.24) is 24.9 Å². The van der Waals surface area contributed by atoms with Crippen molar-refractivity contribution >= 4 is 11.7 Å². The zero-order chi connectivity index (χ0) is 24.5. The monoisotopic (exact) mass is 480 g/mol. The second-order valence-electron chi connectivity index (χ2n) is 8.10. The number of halogens is 5. The molecule has 1 unspecified atom stereocenters. The van der Waals surface area contributed by atoms with Gasteiger partial charge in [-0.2, -0.15) is 23.4 Å². The summed E-state index contributed by atoms with van der Waals surface area (Å²) in [7, 11) is 0. The maximum atomic E-state index is 14.6. The molecule has 1 saturated heterocycles. The summed E-state index contributed by atoms with van der Waals surface area (Å²) in [5, 5.41) is 10.7. The lowest BCUT2D eigenvalue weighted by Gasteiger charge is -2.40. The Labute approximate surface area is 191 Å². The van der Waals surface area contributed by atoms with Crippen molar-refractivity contribution in [3.63, 3.8) is 0 Å². The Morgan fingerprint density at radius 2 is 1.91 bits per heavy atom. The third kappa shape index (κ3) is 4.85. The quantitative estimate of drug-likeness (QED) is 0.551. The molecule has 1 aromatic carbocycles. The minimum absolute atomic E-state index is 0.0179. The van der Waals surface area contributed by atoms with Gasteiger partial charge >= 0.3 is 6.18 Å². The molecule has 1 fully saturated rings.